The molecule has 2 aromatic carbocycles. The van der Waals surface area contributed by atoms with Gasteiger partial charge in [-0.15, -0.1) is 0 Å². The highest BCUT2D eigenvalue weighted by Gasteiger charge is 2.15. The van der Waals surface area contributed by atoms with Crippen molar-refractivity contribution in [3.8, 4) is 17.2 Å². The third-order valence-electron chi connectivity index (χ3n) is 4.69. The lowest BCUT2D eigenvalue weighted by Gasteiger charge is -2.17. The summed E-state index contributed by atoms with van der Waals surface area (Å²) >= 11 is 0. The first kappa shape index (κ1) is 20.0. The Balaban J connectivity index is 1.75. The molecular formula is C23H29N3O2. The molecule has 3 rings (SSSR count). The highest BCUT2D eigenvalue weighted by molar-refractivity contribution is 5.47. The molecule has 1 N–H and O–H groups in total. The van der Waals surface area contributed by atoms with E-state index in [0.717, 1.165) is 40.7 Å². The molecule has 0 radical (unpaired) electrons. The summed E-state index contributed by atoms with van der Waals surface area (Å²) in [6, 6.07) is 16.2. The Morgan fingerprint density at radius 1 is 1.00 bits per heavy atom. The summed E-state index contributed by atoms with van der Waals surface area (Å²) in [5.74, 6) is 1.57. The molecule has 0 aliphatic rings. The molecule has 5 heteroatoms. The van der Waals surface area contributed by atoms with Gasteiger partial charge in [-0.1, -0.05) is 30.3 Å². The van der Waals surface area contributed by atoms with E-state index in [1.165, 1.54) is 5.56 Å². The van der Waals surface area contributed by atoms with E-state index in [1.54, 1.807) is 7.11 Å². The first-order valence-corrected chi connectivity index (χ1v) is 9.65. The molecular weight excluding hydrogens is 350 g/mol. The van der Waals surface area contributed by atoms with E-state index in [4.69, 9.17) is 14.6 Å². The van der Waals surface area contributed by atoms with Gasteiger partial charge in [-0.2, -0.15) is 5.10 Å². The summed E-state index contributed by atoms with van der Waals surface area (Å²) in [5.41, 5.74) is 5.57. The van der Waals surface area contributed by atoms with Crippen LogP contribution in [0.4, 0.5) is 0 Å². The third-order valence-corrected chi connectivity index (χ3v) is 4.69. The summed E-state index contributed by atoms with van der Waals surface area (Å²) < 4.78 is 13.5. The van der Waals surface area contributed by atoms with Crippen LogP contribution < -0.4 is 14.8 Å². The summed E-state index contributed by atoms with van der Waals surface area (Å²) in [7, 11) is 1.67. The Bertz CT molecular complexity index is 917. The smallest absolute Gasteiger partial charge is 0.166 e. The quantitative estimate of drug-likeness (QED) is 0.623. The van der Waals surface area contributed by atoms with Crippen LogP contribution in [0.15, 0.2) is 48.5 Å². The number of nitrogens with one attached hydrogen (secondary N) is 1. The number of para-hydroxylation sites is 2. The van der Waals surface area contributed by atoms with Crippen molar-refractivity contribution in [2.24, 2.45) is 0 Å². The van der Waals surface area contributed by atoms with Crippen LogP contribution >= 0.6 is 0 Å². The van der Waals surface area contributed by atoms with E-state index in [-0.39, 0.29) is 6.10 Å². The van der Waals surface area contributed by atoms with Crippen molar-refractivity contribution in [2.45, 2.75) is 46.9 Å². The fraction of sp³-hybridized carbons (Fsp3) is 0.348. The minimum atomic E-state index is 0.0867. The molecule has 0 saturated carbocycles. The Hall–Kier alpha value is -2.79. The molecule has 0 saturated heterocycles. The highest BCUT2D eigenvalue weighted by Crippen LogP contribution is 2.32. The standard InChI is InChI=1S/C23H29N3O2/c1-16(2)28-23-19(10-9-13-22(23)27-5)14-24-15-21-17(3)25-26(18(21)4)20-11-7-6-8-12-20/h6-13,16,24H,14-15H2,1-5H3. The lowest BCUT2D eigenvalue weighted by Crippen LogP contribution is -2.16. The zero-order valence-electron chi connectivity index (χ0n) is 17.3. The van der Waals surface area contributed by atoms with Crippen LogP contribution in [-0.2, 0) is 13.1 Å². The number of aromatic nitrogens is 2. The Labute approximate surface area is 167 Å². The highest BCUT2D eigenvalue weighted by atomic mass is 16.5. The van der Waals surface area contributed by atoms with Crippen LogP contribution in [0, 0.1) is 13.8 Å². The van der Waals surface area contributed by atoms with Crippen LogP contribution in [0.5, 0.6) is 11.5 Å². The van der Waals surface area contributed by atoms with Crippen molar-refractivity contribution in [1.82, 2.24) is 15.1 Å². The molecule has 0 fully saturated rings. The summed E-state index contributed by atoms with van der Waals surface area (Å²) in [6.45, 7) is 9.64. The van der Waals surface area contributed by atoms with E-state index in [1.807, 2.05) is 48.9 Å². The molecule has 0 amide bonds. The van der Waals surface area contributed by atoms with Crippen LogP contribution in [0.1, 0.15) is 36.4 Å². The molecule has 1 aromatic heterocycles. The maximum Gasteiger partial charge on any atom is 0.166 e. The van der Waals surface area contributed by atoms with Crippen molar-refractivity contribution in [3.63, 3.8) is 0 Å². The molecule has 3 aromatic rings. The molecule has 1 heterocycles. The number of hydrogen-bond donors (Lipinski definition) is 1. The number of aryl methyl sites for hydroxylation is 1. The SMILES string of the molecule is COc1cccc(CNCc2c(C)nn(-c3ccccc3)c2C)c1OC(C)C. The molecule has 0 aliphatic carbocycles. The van der Waals surface area contributed by atoms with Gasteiger partial charge in [0.2, 0.25) is 0 Å². The van der Waals surface area contributed by atoms with Gasteiger partial charge in [0.1, 0.15) is 0 Å². The van der Waals surface area contributed by atoms with Gasteiger partial charge >= 0.3 is 0 Å². The third kappa shape index (κ3) is 4.37. The number of rotatable bonds is 8. The van der Waals surface area contributed by atoms with Gasteiger partial charge in [-0.3, -0.25) is 0 Å². The molecule has 5 nitrogen and oxygen atoms in total. The molecule has 148 valence electrons. The van der Waals surface area contributed by atoms with E-state index in [9.17, 15) is 0 Å². The van der Waals surface area contributed by atoms with Crippen LogP contribution in [-0.4, -0.2) is 23.0 Å². The summed E-state index contributed by atoms with van der Waals surface area (Å²) in [5, 5.41) is 8.26. The molecule has 0 atom stereocenters. The van der Waals surface area contributed by atoms with Gasteiger partial charge in [0.25, 0.3) is 0 Å². The topological polar surface area (TPSA) is 48.3 Å². The van der Waals surface area contributed by atoms with Crippen LogP contribution in [0.25, 0.3) is 5.69 Å². The van der Waals surface area contributed by atoms with Gasteiger partial charge in [-0.25, -0.2) is 4.68 Å². The van der Waals surface area contributed by atoms with Crippen LogP contribution in [0.3, 0.4) is 0 Å². The van der Waals surface area contributed by atoms with Crippen molar-refractivity contribution >= 4 is 0 Å². The zero-order chi connectivity index (χ0) is 20.1. The number of ether oxygens (including phenoxy) is 2. The first-order chi connectivity index (χ1) is 13.5. The minimum Gasteiger partial charge on any atom is -0.493 e. The fourth-order valence-corrected chi connectivity index (χ4v) is 3.30. The predicted molar refractivity (Wildman–Crippen MR) is 112 cm³/mol. The predicted octanol–water partition coefficient (Wildman–Crippen LogP) is 4.57. The summed E-state index contributed by atoms with van der Waals surface area (Å²) in [4.78, 5) is 0. The van der Waals surface area contributed by atoms with Crippen molar-refractivity contribution in [2.75, 3.05) is 7.11 Å². The lowest BCUT2D eigenvalue weighted by atomic mass is 10.1. The number of nitrogens with zero attached hydrogens (tertiary/aromatic N) is 2. The normalized spacial score (nSPS) is 11.1. The Morgan fingerprint density at radius 2 is 1.75 bits per heavy atom. The molecule has 0 bridgehead atoms. The second-order valence-electron chi connectivity index (χ2n) is 7.12. The van der Waals surface area contributed by atoms with Crippen molar-refractivity contribution in [1.29, 1.82) is 0 Å². The van der Waals surface area contributed by atoms with Gasteiger partial charge in [-0.05, 0) is 45.9 Å². The van der Waals surface area contributed by atoms with Crippen molar-refractivity contribution in [3.05, 3.63) is 71.0 Å². The van der Waals surface area contributed by atoms with Gasteiger partial charge < -0.3 is 14.8 Å². The number of hydrogen-bond acceptors (Lipinski definition) is 4. The van der Waals surface area contributed by atoms with Gasteiger partial charge in [0, 0.05) is 29.9 Å². The average molecular weight is 380 g/mol. The lowest BCUT2D eigenvalue weighted by molar-refractivity contribution is 0.227. The monoisotopic (exact) mass is 379 g/mol. The summed E-state index contributed by atoms with van der Waals surface area (Å²) in [6.07, 6.45) is 0.0867. The average Bonchev–Trinajstić information content (AvgIpc) is 2.97. The maximum atomic E-state index is 6.00. The molecule has 28 heavy (non-hydrogen) atoms. The number of methoxy groups -OCH3 is 1. The Kier molecular flexibility index (Phi) is 6.37. The van der Waals surface area contributed by atoms with E-state index < -0.39 is 0 Å². The van der Waals surface area contributed by atoms with E-state index >= 15 is 0 Å². The second kappa shape index (κ2) is 8.93. The maximum absolute atomic E-state index is 6.00. The van der Waals surface area contributed by atoms with E-state index in [2.05, 4.69) is 37.4 Å². The molecule has 0 spiro atoms. The van der Waals surface area contributed by atoms with Crippen LogP contribution in [0.2, 0.25) is 0 Å². The molecule has 0 aliphatic heterocycles. The van der Waals surface area contributed by atoms with Crippen molar-refractivity contribution < 1.29 is 9.47 Å². The zero-order valence-corrected chi connectivity index (χ0v) is 17.3. The molecule has 0 unspecified atom stereocenters. The Morgan fingerprint density at radius 3 is 2.43 bits per heavy atom. The first-order valence-electron chi connectivity index (χ1n) is 9.65. The second-order valence-corrected chi connectivity index (χ2v) is 7.12. The van der Waals surface area contributed by atoms with Gasteiger partial charge in [0.15, 0.2) is 11.5 Å². The minimum absolute atomic E-state index is 0.0867. The van der Waals surface area contributed by atoms with E-state index in [0.29, 0.717) is 6.54 Å². The largest absolute Gasteiger partial charge is 0.493 e. The fourth-order valence-electron chi connectivity index (χ4n) is 3.30. The number of benzene rings is 2. The van der Waals surface area contributed by atoms with Gasteiger partial charge in [0.05, 0.1) is 24.6 Å².